The van der Waals surface area contributed by atoms with E-state index in [2.05, 4.69) is 16.0 Å². The average Bonchev–Trinajstić information content (AvgIpc) is 2.61. The van der Waals surface area contributed by atoms with Gasteiger partial charge in [-0.05, 0) is 42.2 Å². The minimum absolute atomic E-state index is 0.104. The number of hydrogen-bond donors (Lipinski definition) is 3. The Bertz CT molecular complexity index is 682. The number of nitrogens with one attached hydrogen (secondary N) is 3. The summed E-state index contributed by atoms with van der Waals surface area (Å²) in [7, 11) is 0. The van der Waals surface area contributed by atoms with Gasteiger partial charge >= 0.3 is 6.03 Å². The molecule has 0 saturated carbocycles. The van der Waals surface area contributed by atoms with Gasteiger partial charge in [0, 0.05) is 24.3 Å². The highest BCUT2D eigenvalue weighted by Crippen LogP contribution is 2.09. The van der Waals surface area contributed by atoms with Crippen LogP contribution in [0.15, 0.2) is 54.6 Å². The van der Waals surface area contributed by atoms with Crippen molar-refractivity contribution in [3.63, 3.8) is 0 Å². The minimum Gasteiger partial charge on any atom is -0.352 e. The largest absolute Gasteiger partial charge is 0.352 e. The van der Waals surface area contributed by atoms with Gasteiger partial charge in [0.25, 0.3) is 5.91 Å². The predicted molar refractivity (Wildman–Crippen MR) is 101 cm³/mol. The molecule has 0 aromatic heterocycles. The van der Waals surface area contributed by atoms with Crippen LogP contribution in [0, 0.1) is 5.92 Å². The van der Waals surface area contributed by atoms with Gasteiger partial charge in [0.2, 0.25) is 0 Å². The summed E-state index contributed by atoms with van der Waals surface area (Å²) in [6.45, 7) is 5.29. The zero-order valence-electron chi connectivity index (χ0n) is 14.7. The van der Waals surface area contributed by atoms with Crippen LogP contribution >= 0.6 is 0 Å². The molecular weight excluding hydrogens is 314 g/mol. The van der Waals surface area contributed by atoms with Gasteiger partial charge in [0.05, 0.1) is 0 Å². The summed E-state index contributed by atoms with van der Waals surface area (Å²) >= 11 is 0. The van der Waals surface area contributed by atoms with E-state index in [1.165, 1.54) is 5.56 Å². The molecule has 2 aromatic carbocycles. The third-order valence-corrected chi connectivity index (χ3v) is 3.62. The highest BCUT2D eigenvalue weighted by molar-refractivity contribution is 5.95. The molecule has 0 aliphatic heterocycles. The first kappa shape index (κ1) is 18.5. The molecule has 0 aliphatic rings. The summed E-state index contributed by atoms with van der Waals surface area (Å²) in [6.07, 6.45) is 0.781. The van der Waals surface area contributed by atoms with E-state index in [9.17, 15) is 9.59 Å². The van der Waals surface area contributed by atoms with E-state index in [1.807, 2.05) is 44.2 Å². The Morgan fingerprint density at radius 2 is 1.60 bits per heavy atom. The molecule has 0 saturated heterocycles. The van der Waals surface area contributed by atoms with Crippen molar-refractivity contribution in [1.82, 2.24) is 10.6 Å². The first-order chi connectivity index (χ1) is 12.0. The van der Waals surface area contributed by atoms with Crippen molar-refractivity contribution in [2.24, 2.45) is 5.92 Å². The SMILES string of the molecule is CC(C)CNC(=O)c1ccc(NC(=O)NCCc2ccccc2)cc1. The summed E-state index contributed by atoms with van der Waals surface area (Å²) in [6, 6.07) is 16.6. The molecule has 0 spiro atoms. The van der Waals surface area contributed by atoms with E-state index < -0.39 is 0 Å². The quantitative estimate of drug-likeness (QED) is 0.723. The molecule has 5 nitrogen and oxygen atoms in total. The summed E-state index contributed by atoms with van der Waals surface area (Å²) in [4.78, 5) is 23.8. The lowest BCUT2D eigenvalue weighted by Gasteiger charge is -2.10. The Balaban J connectivity index is 1.76. The van der Waals surface area contributed by atoms with Crippen molar-refractivity contribution in [3.05, 3.63) is 65.7 Å². The van der Waals surface area contributed by atoms with Crippen molar-refractivity contribution < 1.29 is 9.59 Å². The van der Waals surface area contributed by atoms with Crippen LogP contribution in [-0.4, -0.2) is 25.0 Å². The monoisotopic (exact) mass is 339 g/mol. The molecule has 0 atom stereocenters. The molecule has 0 unspecified atom stereocenters. The first-order valence-electron chi connectivity index (χ1n) is 8.51. The topological polar surface area (TPSA) is 70.2 Å². The lowest BCUT2D eigenvalue weighted by atomic mass is 10.1. The molecule has 0 heterocycles. The molecular formula is C20H25N3O2. The molecule has 5 heteroatoms. The second-order valence-electron chi connectivity index (χ2n) is 6.30. The number of anilines is 1. The number of hydrogen-bond acceptors (Lipinski definition) is 2. The van der Waals surface area contributed by atoms with Crippen molar-refractivity contribution in [3.8, 4) is 0 Å². The fraction of sp³-hybridized carbons (Fsp3) is 0.300. The number of benzene rings is 2. The fourth-order valence-corrected chi connectivity index (χ4v) is 2.24. The maximum atomic E-state index is 11.9. The Hall–Kier alpha value is -2.82. The normalized spacial score (nSPS) is 10.4. The van der Waals surface area contributed by atoms with Crippen LogP contribution in [0.25, 0.3) is 0 Å². The lowest BCUT2D eigenvalue weighted by molar-refractivity contribution is 0.0949. The van der Waals surface area contributed by atoms with Gasteiger partial charge in [-0.3, -0.25) is 4.79 Å². The Kier molecular flexibility index (Phi) is 7.01. The number of urea groups is 1. The summed E-state index contributed by atoms with van der Waals surface area (Å²) in [5.41, 5.74) is 2.41. The zero-order chi connectivity index (χ0) is 18.1. The van der Waals surface area contributed by atoms with Crippen molar-refractivity contribution in [1.29, 1.82) is 0 Å². The highest BCUT2D eigenvalue weighted by Gasteiger charge is 2.07. The molecule has 2 aromatic rings. The van der Waals surface area contributed by atoms with Crippen LogP contribution in [0.2, 0.25) is 0 Å². The van der Waals surface area contributed by atoms with Crippen LogP contribution in [-0.2, 0) is 6.42 Å². The van der Waals surface area contributed by atoms with E-state index in [0.717, 1.165) is 6.42 Å². The number of amides is 3. The summed E-state index contributed by atoms with van der Waals surface area (Å²) < 4.78 is 0. The number of carbonyl (C=O) groups is 2. The van der Waals surface area contributed by atoms with Gasteiger partial charge in [-0.2, -0.15) is 0 Å². The average molecular weight is 339 g/mol. The predicted octanol–water partition coefficient (Wildman–Crippen LogP) is 3.44. The van der Waals surface area contributed by atoms with Crippen LogP contribution in [0.3, 0.4) is 0 Å². The Morgan fingerprint density at radius 1 is 0.920 bits per heavy atom. The van der Waals surface area contributed by atoms with Gasteiger partial charge < -0.3 is 16.0 Å². The van der Waals surface area contributed by atoms with Crippen LogP contribution < -0.4 is 16.0 Å². The van der Waals surface area contributed by atoms with Crippen LogP contribution in [0.4, 0.5) is 10.5 Å². The zero-order valence-corrected chi connectivity index (χ0v) is 14.7. The molecule has 132 valence electrons. The van der Waals surface area contributed by atoms with E-state index in [-0.39, 0.29) is 11.9 Å². The molecule has 0 fully saturated rings. The van der Waals surface area contributed by atoms with E-state index >= 15 is 0 Å². The van der Waals surface area contributed by atoms with E-state index in [1.54, 1.807) is 24.3 Å². The third-order valence-electron chi connectivity index (χ3n) is 3.62. The molecule has 2 rings (SSSR count). The fourth-order valence-electron chi connectivity index (χ4n) is 2.24. The summed E-state index contributed by atoms with van der Waals surface area (Å²) in [5, 5.41) is 8.45. The van der Waals surface area contributed by atoms with Gasteiger partial charge in [0.1, 0.15) is 0 Å². The van der Waals surface area contributed by atoms with Crippen LogP contribution in [0.1, 0.15) is 29.8 Å². The standard InChI is InChI=1S/C20H25N3O2/c1-15(2)14-22-19(24)17-8-10-18(11-9-17)23-20(25)21-13-12-16-6-4-3-5-7-16/h3-11,15H,12-14H2,1-2H3,(H,22,24)(H2,21,23,25). The second kappa shape index (κ2) is 9.47. The van der Waals surface area contributed by atoms with E-state index in [0.29, 0.717) is 30.3 Å². The molecule has 0 aliphatic carbocycles. The van der Waals surface area contributed by atoms with Gasteiger partial charge in [-0.1, -0.05) is 44.2 Å². The van der Waals surface area contributed by atoms with Crippen molar-refractivity contribution in [2.75, 3.05) is 18.4 Å². The maximum absolute atomic E-state index is 11.9. The first-order valence-corrected chi connectivity index (χ1v) is 8.51. The molecule has 0 radical (unpaired) electrons. The van der Waals surface area contributed by atoms with Gasteiger partial charge in [-0.25, -0.2) is 4.79 Å². The molecule has 3 N–H and O–H groups in total. The smallest absolute Gasteiger partial charge is 0.319 e. The second-order valence-corrected chi connectivity index (χ2v) is 6.30. The number of rotatable bonds is 7. The number of carbonyl (C=O) groups excluding carboxylic acids is 2. The highest BCUT2D eigenvalue weighted by atomic mass is 16.2. The third kappa shape index (κ3) is 6.67. The molecule has 0 bridgehead atoms. The van der Waals surface area contributed by atoms with Gasteiger partial charge in [-0.15, -0.1) is 0 Å². The van der Waals surface area contributed by atoms with E-state index in [4.69, 9.17) is 0 Å². The van der Waals surface area contributed by atoms with Crippen molar-refractivity contribution in [2.45, 2.75) is 20.3 Å². The Morgan fingerprint density at radius 3 is 2.24 bits per heavy atom. The maximum Gasteiger partial charge on any atom is 0.319 e. The molecule has 3 amide bonds. The minimum atomic E-state index is -0.257. The lowest BCUT2D eigenvalue weighted by Crippen LogP contribution is -2.30. The Labute approximate surface area is 148 Å². The molecule has 25 heavy (non-hydrogen) atoms. The van der Waals surface area contributed by atoms with Crippen LogP contribution in [0.5, 0.6) is 0 Å². The summed E-state index contributed by atoms with van der Waals surface area (Å²) in [5.74, 6) is 0.303. The van der Waals surface area contributed by atoms with Gasteiger partial charge in [0.15, 0.2) is 0 Å². The van der Waals surface area contributed by atoms with Crippen molar-refractivity contribution >= 4 is 17.6 Å².